The van der Waals surface area contributed by atoms with E-state index in [9.17, 15) is 4.79 Å². The number of nitrogens with zero attached hydrogens (tertiary/aromatic N) is 2. The van der Waals surface area contributed by atoms with Crippen molar-refractivity contribution in [3.05, 3.63) is 41.6 Å². The fraction of sp³-hybridized carbons (Fsp3) is 0.412. The van der Waals surface area contributed by atoms with E-state index in [0.29, 0.717) is 5.92 Å². The monoisotopic (exact) mass is 283 g/mol. The van der Waals surface area contributed by atoms with Gasteiger partial charge in [0, 0.05) is 24.2 Å². The topological polar surface area (TPSA) is 45.2 Å². The van der Waals surface area contributed by atoms with E-state index < -0.39 is 0 Å². The van der Waals surface area contributed by atoms with Crippen molar-refractivity contribution in [2.45, 2.75) is 13.3 Å². The van der Waals surface area contributed by atoms with Crippen molar-refractivity contribution in [1.29, 1.82) is 0 Å². The van der Waals surface area contributed by atoms with Crippen molar-refractivity contribution >= 4 is 16.8 Å². The number of nitrogens with one attached hydrogen (secondary N) is 1. The SMILES string of the molecule is CNC[C@H]1CCN(C(=O)c2cccc3ccc(C)nc23)C1. The van der Waals surface area contributed by atoms with E-state index in [2.05, 4.69) is 10.3 Å². The summed E-state index contributed by atoms with van der Waals surface area (Å²) in [5, 5.41) is 4.22. The van der Waals surface area contributed by atoms with Crippen molar-refractivity contribution in [3.8, 4) is 0 Å². The Labute approximate surface area is 125 Å². The number of aryl methyl sites for hydroxylation is 1. The van der Waals surface area contributed by atoms with Gasteiger partial charge in [0.2, 0.25) is 0 Å². The van der Waals surface area contributed by atoms with Gasteiger partial charge in [-0.1, -0.05) is 18.2 Å². The molecule has 2 heterocycles. The molecule has 1 aliphatic heterocycles. The van der Waals surface area contributed by atoms with Gasteiger partial charge in [-0.3, -0.25) is 9.78 Å². The third kappa shape index (κ3) is 2.76. The standard InChI is InChI=1S/C17H21N3O/c1-12-6-7-14-4-3-5-15(16(14)19-12)17(21)20-9-8-13(11-20)10-18-2/h3-7,13,18H,8-11H2,1-2H3/t13-/m1/s1. The first-order chi connectivity index (χ1) is 10.2. The first-order valence-electron chi connectivity index (χ1n) is 7.49. The van der Waals surface area contributed by atoms with Crippen LogP contribution in [-0.2, 0) is 0 Å². The number of carbonyl (C=O) groups is 1. The Balaban J connectivity index is 1.90. The van der Waals surface area contributed by atoms with Crippen LogP contribution in [0.1, 0.15) is 22.5 Å². The summed E-state index contributed by atoms with van der Waals surface area (Å²) in [7, 11) is 1.96. The molecular weight excluding hydrogens is 262 g/mol. The highest BCUT2D eigenvalue weighted by Gasteiger charge is 2.27. The normalized spacial score (nSPS) is 18.4. The molecule has 1 N–H and O–H groups in total. The minimum atomic E-state index is 0.109. The quantitative estimate of drug-likeness (QED) is 0.939. The van der Waals surface area contributed by atoms with Crippen molar-refractivity contribution in [3.63, 3.8) is 0 Å². The summed E-state index contributed by atoms with van der Waals surface area (Å²) in [4.78, 5) is 19.3. The molecule has 1 aromatic heterocycles. The number of aromatic nitrogens is 1. The molecule has 1 amide bonds. The maximum Gasteiger partial charge on any atom is 0.256 e. The van der Waals surface area contributed by atoms with Gasteiger partial charge in [0.05, 0.1) is 11.1 Å². The molecule has 4 heteroatoms. The predicted molar refractivity (Wildman–Crippen MR) is 84.4 cm³/mol. The molecule has 110 valence electrons. The fourth-order valence-corrected chi connectivity index (χ4v) is 3.06. The molecule has 0 radical (unpaired) electrons. The number of hydrogen-bond acceptors (Lipinski definition) is 3. The molecule has 2 aromatic rings. The molecular formula is C17H21N3O. The summed E-state index contributed by atoms with van der Waals surface area (Å²) in [6, 6.07) is 9.85. The molecule has 3 rings (SSSR count). The van der Waals surface area contributed by atoms with Crippen molar-refractivity contribution in [2.75, 3.05) is 26.7 Å². The van der Waals surface area contributed by atoms with Crippen molar-refractivity contribution in [1.82, 2.24) is 15.2 Å². The van der Waals surface area contributed by atoms with Gasteiger partial charge in [0.25, 0.3) is 5.91 Å². The van der Waals surface area contributed by atoms with Gasteiger partial charge in [-0.05, 0) is 45.0 Å². The minimum absolute atomic E-state index is 0.109. The number of carbonyl (C=O) groups excluding carboxylic acids is 1. The average Bonchev–Trinajstić information content (AvgIpc) is 2.95. The second-order valence-corrected chi connectivity index (χ2v) is 5.79. The van der Waals surface area contributed by atoms with E-state index in [1.54, 1.807) is 0 Å². The minimum Gasteiger partial charge on any atom is -0.338 e. The summed E-state index contributed by atoms with van der Waals surface area (Å²) in [6.45, 7) is 4.60. The van der Waals surface area contributed by atoms with Crippen molar-refractivity contribution < 1.29 is 4.79 Å². The molecule has 1 fully saturated rings. The lowest BCUT2D eigenvalue weighted by Gasteiger charge is -2.17. The Morgan fingerprint density at radius 2 is 2.24 bits per heavy atom. The Morgan fingerprint density at radius 3 is 3.05 bits per heavy atom. The lowest BCUT2D eigenvalue weighted by molar-refractivity contribution is 0.0789. The second-order valence-electron chi connectivity index (χ2n) is 5.79. The summed E-state index contributed by atoms with van der Waals surface area (Å²) in [6.07, 6.45) is 1.07. The number of hydrogen-bond donors (Lipinski definition) is 1. The van der Waals surface area contributed by atoms with Crippen LogP contribution >= 0.6 is 0 Å². The van der Waals surface area contributed by atoms with E-state index in [1.807, 2.05) is 49.2 Å². The number of fused-ring (bicyclic) bond motifs is 1. The van der Waals surface area contributed by atoms with Crippen LogP contribution in [0, 0.1) is 12.8 Å². The molecule has 0 saturated carbocycles. The second kappa shape index (κ2) is 5.82. The summed E-state index contributed by atoms with van der Waals surface area (Å²) in [5.74, 6) is 0.668. The number of rotatable bonds is 3. The van der Waals surface area contributed by atoms with Crippen LogP contribution in [0.25, 0.3) is 10.9 Å². The van der Waals surface area contributed by atoms with Crippen LogP contribution in [0.2, 0.25) is 0 Å². The van der Waals surface area contributed by atoms with Gasteiger partial charge in [-0.15, -0.1) is 0 Å². The molecule has 1 aliphatic rings. The number of pyridine rings is 1. The number of benzene rings is 1. The van der Waals surface area contributed by atoms with Crippen LogP contribution in [0.5, 0.6) is 0 Å². The van der Waals surface area contributed by atoms with E-state index in [1.165, 1.54) is 0 Å². The third-order valence-corrected chi connectivity index (χ3v) is 4.16. The molecule has 0 spiro atoms. The lowest BCUT2D eigenvalue weighted by atomic mass is 10.1. The van der Waals surface area contributed by atoms with Gasteiger partial charge in [-0.2, -0.15) is 0 Å². The molecule has 1 aromatic carbocycles. The predicted octanol–water partition coefficient (Wildman–Crippen LogP) is 2.22. The summed E-state index contributed by atoms with van der Waals surface area (Å²) < 4.78 is 0. The van der Waals surface area contributed by atoms with Gasteiger partial charge in [-0.25, -0.2) is 0 Å². The highest BCUT2D eigenvalue weighted by Crippen LogP contribution is 2.22. The largest absolute Gasteiger partial charge is 0.338 e. The van der Waals surface area contributed by atoms with E-state index >= 15 is 0 Å². The molecule has 0 aliphatic carbocycles. The van der Waals surface area contributed by atoms with Crippen LogP contribution in [0.15, 0.2) is 30.3 Å². The van der Waals surface area contributed by atoms with Crippen molar-refractivity contribution in [2.24, 2.45) is 5.92 Å². The Hall–Kier alpha value is -1.94. The van der Waals surface area contributed by atoms with Crippen LogP contribution < -0.4 is 5.32 Å². The Kier molecular flexibility index (Phi) is 3.88. The number of likely N-dealkylation sites (tertiary alicyclic amines) is 1. The highest BCUT2D eigenvalue weighted by molar-refractivity contribution is 6.05. The molecule has 1 saturated heterocycles. The smallest absolute Gasteiger partial charge is 0.256 e. The molecule has 0 unspecified atom stereocenters. The molecule has 4 nitrogen and oxygen atoms in total. The molecule has 1 atom stereocenters. The highest BCUT2D eigenvalue weighted by atomic mass is 16.2. The first-order valence-corrected chi connectivity index (χ1v) is 7.49. The van der Waals surface area contributed by atoms with Gasteiger partial charge >= 0.3 is 0 Å². The van der Waals surface area contributed by atoms with E-state index in [-0.39, 0.29) is 5.91 Å². The van der Waals surface area contributed by atoms with Crippen LogP contribution in [0.3, 0.4) is 0 Å². The van der Waals surface area contributed by atoms with Gasteiger partial charge in [0.15, 0.2) is 0 Å². The van der Waals surface area contributed by atoms with Crippen LogP contribution in [0.4, 0.5) is 0 Å². The van der Waals surface area contributed by atoms with E-state index in [4.69, 9.17) is 0 Å². The van der Waals surface area contributed by atoms with E-state index in [0.717, 1.165) is 48.2 Å². The molecule has 0 bridgehead atoms. The molecule has 21 heavy (non-hydrogen) atoms. The fourth-order valence-electron chi connectivity index (χ4n) is 3.06. The maximum absolute atomic E-state index is 12.8. The summed E-state index contributed by atoms with van der Waals surface area (Å²) in [5.41, 5.74) is 2.48. The zero-order valence-corrected chi connectivity index (χ0v) is 12.6. The maximum atomic E-state index is 12.8. The van der Waals surface area contributed by atoms with Gasteiger partial charge in [0.1, 0.15) is 0 Å². The third-order valence-electron chi connectivity index (χ3n) is 4.16. The Bertz CT molecular complexity index is 668. The lowest BCUT2D eigenvalue weighted by Crippen LogP contribution is -2.30. The summed E-state index contributed by atoms with van der Waals surface area (Å²) >= 11 is 0. The Morgan fingerprint density at radius 1 is 1.38 bits per heavy atom. The first kappa shape index (κ1) is 14.0. The van der Waals surface area contributed by atoms with Gasteiger partial charge < -0.3 is 10.2 Å². The zero-order valence-electron chi connectivity index (χ0n) is 12.6. The number of amides is 1. The zero-order chi connectivity index (χ0) is 14.8. The number of para-hydroxylation sites is 1. The van der Waals surface area contributed by atoms with Crippen LogP contribution in [-0.4, -0.2) is 42.5 Å². The average molecular weight is 283 g/mol.